The molecule has 0 atom stereocenters. The van der Waals surface area contributed by atoms with Gasteiger partial charge in [0, 0.05) is 17.1 Å². The summed E-state index contributed by atoms with van der Waals surface area (Å²) in [5.41, 5.74) is 10.5. The van der Waals surface area contributed by atoms with Crippen LogP contribution in [-0.4, -0.2) is 43.2 Å². The summed E-state index contributed by atoms with van der Waals surface area (Å²) >= 11 is 0. The molecule has 4 heterocycles. The summed E-state index contributed by atoms with van der Waals surface area (Å²) in [6.07, 6.45) is 1.72. The third-order valence-corrected chi connectivity index (χ3v) is 4.64. The summed E-state index contributed by atoms with van der Waals surface area (Å²) in [5, 5.41) is 7.91. The molecule has 0 radical (unpaired) electrons. The average molecular weight is 347 g/mol. The third kappa shape index (κ3) is 2.26. The average Bonchev–Trinajstić information content (AvgIpc) is 3.37. The zero-order valence-corrected chi connectivity index (χ0v) is 14.0. The topological polar surface area (TPSA) is 109 Å². The van der Waals surface area contributed by atoms with Crippen LogP contribution in [0.15, 0.2) is 42.9 Å². The first-order chi connectivity index (χ1) is 12.7. The minimum atomic E-state index is 0.435. The van der Waals surface area contributed by atoms with Gasteiger partial charge in [0.05, 0.1) is 24.3 Å². The summed E-state index contributed by atoms with van der Waals surface area (Å²) in [4.78, 5) is 14.6. The molecule has 3 aromatic heterocycles. The molecule has 26 heavy (non-hydrogen) atoms. The fourth-order valence-electron chi connectivity index (χ4n) is 3.31. The Kier molecular flexibility index (Phi) is 3.11. The van der Waals surface area contributed by atoms with Crippen LogP contribution in [0.3, 0.4) is 0 Å². The van der Waals surface area contributed by atoms with Crippen LogP contribution in [0, 0.1) is 0 Å². The molecule has 0 unspecified atom stereocenters. The number of aromatic nitrogens is 5. The van der Waals surface area contributed by atoms with E-state index in [4.69, 9.17) is 15.5 Å². The number of fused-ring (bicyclic) bond motifs is 3. The van der Waals surface area contributed by atoms with Crippen molar-refractivity contribution in [3.8, 4) is 11.3 Å². The van der Waals surface area contributed by atoms with Gasteiger partial charge in [-0.1, -0.05) is 6.07 Å². The lowest BCUT2D eigenvalue weighted by Crippen LogP contribution is -2.18. The highest BCUT2D eigenvalue weighted by molar-refractivity contribution is 6.07. The molecule has 1 aliphatic rings. The molecule has 0 bridgehead atoms. The Morgan fingerprint density at radius 3 is 2.96 bits per heavy atom. The fourth-order valence-corrected chi connectivity index (χ4v) is 3.31. The summed E-state index contributed by atoms with van der Waals surface area (Å²) in [6, 6.07) is 7.95. The number of hydrogen-bond donors (Lipinski definition) is 3. The number of imidazole rings is 1. The molecule has 130 valence electrons. The Labute approximate surface area is 148 Å². The van der Waals surface area contributed by atoms with Crippen LogP contribution in [0.5, 0.6) is 0 Å². The Bertz CT molecular complexity index is 1130. The van der Waals surface area contributed by atoms with Crippen molar-refractivity contribution in [2.75, 3.05) is 18.9 Å². The number of anilines is 1. The maximum Gasteiger partial charge on any atom is 0.182 e. The van der Waals surface area contributed by atoms with Gasteiger partial charge in [0.2, 0.25) is 0 Å². The number of benzene rings is 1. The number of H-pyrrole nitrogens is 2. The predicted molar refractivity (Wildman–Crippen MR) is 98.9 cm³/mol. The van der Waals surface area contributed by atoms with Gasteiger partial charge in [-0.3, -0.25) is 5.10 Å². The first-order valence-electron chi connectivity index (χ1n) is 8.33. The highest BCUT2D eigenvalue weighted by Gasteiger charge is 2.19. The quantitative estimate of drug-likeness (QED) is 0.525. The highest BCUT2D eigenvalue weighted by Crippen LogP contribution is 2.29. The molecule has 8 heteroatoms. The molecular weight excluding hydrogens is 330 g/mol. The van der Waals surface area contributed by atoms with Crippen LogP contribution in [0.1, 0.15) is 5.82 Å². The number of aromatic amines is 2. The largest absolute Gasteiger partial charge is 0.478 e. The maximum atomic E-state index is 6.18. The van der Waals surface area contributed by atoms with Gasteiger partial charge >= 0.3 is 0 Å². The first kappa shape index (κ1) is 14.8. The number of nitrogens with one attached hydrogen (secondary N) is 2. The lowest BCUT2D eigenvalue weighted by atomic mass is 10.1. The van der Waals surface area contributed by atoms with E-state index in [1.807, 2.05) is 29.2 Å². The Balaban J connectivity index is 1.61. The van der Waals surface area contributed by atoms with Gasteiger partial charge in [-0.05, 0) is 24.8 Å². The minimum Gasteiger partial charge on any atom is -0.478 e. The van der Waals surface area contributed by atoms with Crippen LogP contribution in [-0.2, 0) is 11.3 Å². The van der Waals surface area contributed by atoms with Crippen LogP contribution >= 0.6 is 0 Å². The molecule has 1 fully saturated rings. The molecule has 0 aliphatic carbocycles. The smallest absolute Gasteiger partial charge is 0.182 e. The van der Waals surface area contributed by atoms with E-state index in [1.165, 1.54) is 0 Å². The second-order valence-corrected chi connectivity index (χ2v) is 6.27. The van der Waals surface area contributed by atoms with Gasteiger partial charge in [-0.15, -0.1) is 0 Å². The number of rotatable bonds is 3. The lowest BCUT2D eigenvalue weighted by molar-refractivity contribution is 0.232. The van der Waals surface area contributed by atoms with Crippen molar-refractivity contribution >= 4 is 27.8 Å². The van der Waals surface area contributed by atoms with Gasteiger partial charge in [0.1, 0.15) is 29.3 Å². The number of nitrogen functional groups attached to an aromatic ring is 1. The van der Waals surface area contributed by atoms with Crippen molar-refractivity contribution in [3.05, 3.63) is 48.7 Å². The number of hydrogen-bond acceptors (Lipinski definition) is 6. The monoisotopic (exact) mass is 347 g/mol. The van der Waals surface area contributed by atoms with Crippen LogP contribution in [0.4, 0.5) is 5.82 Å². The standard InChI is InChI=1S/C18H17N7O/c1-10-25(6-7-26-10)9-15-22-16-12-3-2-11(13-4-5-20-24-13)8-14(12)21-18(19)17(16)23-15/h2-5,8H,1,6-7,9H2,(H2,19,21)(H,20,24)(H,22,23). The fraction of sp³-hybridized carbons (Fsp3) is 0.167. The number of nitrogens with two attached hydrogens (primary N) is 1. The van der Waals surface area contributed by atoms with Crippen LogP contribution < -0.4 is 5.73 Å². The van der Waals surface area contributed by atoms with E-state index in [2.05, 4.69) is 26.7 Å². The van der Waals surface area contributed by atoms with E-state index in [-0.39, 0.29) is 0 Å². The van der Waals surface area contributed by atoms with E-state index in [9.17, 15) is 0 Å². The van der Waals surface area contributed by atoms with Crippen molar-refractivity contribution in [1.82, 2.24) is 30.0 Å². The van der Waals surface area contributed by atoms with E-state index >= 15 is 0 Å². The Morgan fingerprint density at radius 1 is 1.27 bits per heavy atom. The van der Waals surface area contributed by atoms with E-state index in [0.29, 0.717) is 24.9 Å². The van der Waals surface area contributed by atoms with Gasteiger partial charge < -0.3 is 20.4 Å². The highest BCUT2D eigenvalue weighted by atomic mass is 16.5. The normalized spacial score (nSPS) is 14.5. The van der Waals surface area contributed by atoms with Crippen molar-refractivity contribution < 1.29 is 4.74 Å². The van der Waals surface area contributed by atoms with Crippen molar-refractivity contribution in [3.63, 3.8) is 0 Å². The van der Waals surface area contributed by atoms with E-state index < -0.39 is 0 Å². The van der Waals surface area contributed by atoms with Gasteiger partial charge in [-0.25, -0.2) is 9.97 Å². The molecule has 0 spiro atoms. The molecule has 0 amide bonds. The molecule has 8 nitrogen and oxygen atoms in total. The summed E-state index contributed by atoms with van der Waals surface area (Å²) < 4.78 is 5.40. The molecule has 1 aliphatic heterocycles. The van der Waals surface area contributed by atoms with Crippen molar-refractivity contribution in [1.29, 1.82) is 0 Å². The molecule has 1 saturated heterocycles. The SMILES string of the molecule is C=C1OCCN1Cc1nc2c([nH]1)c(N)nc1cc(-c3ccn[nH]3)ccc12. The summed E-state index contributed by atoms with van der Waals surface area (Å²) in [7, 11) is 0. The molecule has 1 aromatic carbocycles. The lowest BCUT2D eigenvalue weighted by Gasteiger charge is -2.13. The van der Waals surface area contributed by atoms with E-state index in [1.54, 1.807) is 6.20 Å². The van der Waals surface area contributed by atoms with Gasteiger partial charge in [0.25, 0.3) is 0 Å². The molecule has 4 aromatic rings. The van der Waals surface area contributed by atoms with E-state index in [0.717, 1.165) is 45.6 Å². The van der Waals surface area contributed by atoms with Gasteiger partial charge in [0.15, 0.2) is 5.88 Å². The number of ether oxygens (including phenoxy) is 1. The third-order valence-electron chi connectivity index (χ3n) is 4.64. The minimum absolute atomic E-state index is 0.435. The molecule has 0 saturated carbocycles. The molecular formula is C18H17N7O. The van der Waals surface area contributed by atoms with Crippen molar-refractivity contribution in [2.24, 2.45) is 0 Å². The number of nitrogens with zero attached hydrogens (tertiary/aromatic N) is 4. The predicted octanol–water partition coefficient (Wildman–Crippen LogP) is 2.39. The number of pyridine rings is 1. The zero-order chi connectivity index (χ0) is 17.7. The molecule has 4 N–H and O–H groups in total. The van der Waals surface area contributed by atoms with Crippen LogP contribution in [0.2, 0.25) is 0 Å². The van der Waals surface area contributed by atoms with Crippen molar-refractivity contribution in [2.45, 2.75) is 6.54 Å². The Hall–Kier alpha value is -3.55. The maximum absolute atomic E-state index is 6.18. The first-order valence-corrected chi connectivity index (χ1v) is 8.33. The van der Waals surface area contributed by atoms with Crippen LogP contribution in [0.25, 0.3) is 33.2 Å². The second-order valence-electron chi connectivity index (χ2n) is 6.27. The second kappa shape index (κ2) is 5.48. The Morgan fingerprint density at radius 2 is 2.19 bits per heavy atom. The summed E-state index contributed by atoms with van der Waals surface area (Å²) in [6.45, 7) is 5.96. The summed E-state index contributed by atoms with van der Waals surface area (Å²) in [5.74, 6) is 1.92. The molecule has 5 rings (SSSR count). The zero-order valence-electron chi connectivity index (χ0n) is 14.0. The van der Waals surface area contributed by atoms with Gasteiger partial charge in [-0.2, -0.15) is 5.10 Å².